The lowest BCUT2D eigenvalue weighted by atomic mass is 9.90. The van der Waals surface area contributed by atoms with Gasteiger partial charge in [0.15, 0.2) is 0 Å². The number of alkyl halides is 8. The molecule has 0 bridgehead atoms. The predicted molar refractivity (Wildman–Crippen MR) is 105 cm³/mol. The monoisotopic (exact) mass is 537 g/mol. The number of ether oxygens (including phenoxy) is 1. The maximum Gasteiger partial charge on any atom is 0.455 e. The molecule has 2 atom stereocenters. The van der Waals surface area contributed by atoms with Crippen molar-refractivity contribution >= 4 is 23.4 Å². The normalized spacial score (nSPS) is 19.2. The topological polar surface area (TPSA) is 87.7 Å². The van der Waals surface area contributed by atoms with Gasteiger partial charge in [0.2, 0.25) is 11.8 Å². The highest BCUT2D eigenvalue weighted by molar-refractivity contribution is 6.07. The fourth-order valence-electron chi connectivity index (χ4n) is 3.02. The highest BCUT2D eigenvalue weighted by atomic mass is 19.4. The fraction of sp³-hybridized carbons (Fsp3) is 0.550. The minimum absolute atomic E-state index is 0.115. The van der Waals surface area contributed by atoms with Crippen molar-refractivity contribution in [3.8, 4) is 5.75 Å². The summed E-state index contributed by atoms with van der Waals surface area (Å²) in [5, 5.41) is 3.28. The van der Waals surface area contributed by atoms with Crippen LogP contribution in [0, 0.1) is 11.2 Å². The summed E-state index contributed by atoms with van der Waals surface area (Å²) in [6.07, 6.45) is -12.3. The van der Waals surface area contributed by atoms with Gasteiger partial charge in [0.05, 0.1) is 12.2 Å². The van der Waals surface area contributed by atoms with Crippen molar-refractivity contribution in [2.24, 2.45) is 5.41 Å². The van der Waals surface area contributed by atoms with Crippen LogP contribution in [0.4, 0.5) is 45.2 Å². The molecule has 0 spiro atoms. The maximum atomic E-state index is 13.7. The van der Waals surface area contributed by atoms with Crippen LogP contribution in [0.15, 0.2) is 18.2 Å². The maximum absolute atomic E-state index is 13.7. The van der Waals surface area contributed by atoms with E-state index in [0.29, 0.717) is 6.07 Å². The van der Waals surface area contributed by atoms with Crippen molar-refractivity contribution in [3.63, 3.8) is 0 Å². The first-order valence-electron chi connectivity index (χ1n) is 10.1. The minimum atomic E-state index is -5.98. The van der Waals surface area contributed by atoms with Gasteiger partial charge >= 0.3 is 18.3 Å². The molecule has 16 heteroatoms. The van der Waals surface area contributed by atoms with Gasteiger partial charge in [-0.3, -0.25) is 19.3 Å². The second-order valence-electron chi connectivity index (χ2n) is 8.44. The Morgan fingerprint density at radius 1 is 1.03 bits per heavy atom. The first-order valence-corrected chi connectivity index (χ1v) is 10.1. The van der Waals surface area contributed by atoms with Crippen LogP contribution in [-0.4, -0.2) is 61.2 Å². The number of rotatable bonds is 6. The smallest absolute Gasteiger partial charge is 0.455 e. The lowest BCUT2D eigenvalue weighted by Crippen LogP contribution is -2.59. The van der Waals surface area contributed by atoms with Crippen molar-refractivity contribution in [2.75, 3.05) is 18.0 Å². The molecule has 1 aromatic rings. The molecule has 3 amide bonds. The Bertz CT molecular complexity index is 1020. The molecule has 0 saturated carbocycles. The average Bonchev–Trinajstić information content (AvgIpc) is 2.80. The summed E-state index contributed by atoms with van der Waals surface area (Å²) in [5.74, 6) is -11.0. The van der Waals surface area contributed by atoms with E-state index < -0.39 is 78.2 Å². The number of hydrogen-bond donors (Lipinski definition) is 2. The Balaban J connectivity index is 2.29. The van der Waals surface area contributed by atoms with E-state index >= 15 is 0 Å². The molecule has 0 unspecified atom stereocenters. The predicted octanol–water partition coefficient (Wildman–Crippen LogP) is 3.33. The molecule has 7 nitrogen and oxygen atoms in total. The van der Waals surface area contributed by atoms with Crippen molar-refractivity contribution in [1.29, 1.82) is 0 Å². The third kappa shape index (κ3) is 6.32. The molecule has 1 aliphatic rings. The largest absolute Gasteiger partial charge is 0.486 e. The van der Waals surface area contributed by atoms with Gasteiger partial charge in [0.25, 0.3) is 5.91 Å². The van der Waals surface area contributed by atoms with Crippen LogP contribution in [0.25, 0.3) is 0 Å². The number of fused-ring (bicyclic) bond motifs is 1. The van der Waals surface area contributed by atoms with Gasteiger partial charge in [-0.05, 0) is 32.9 Å². The summed E-state index contributed by atoms with van der Waals surface area (Å²) in [6, 6.07) is 0.526. The molecule has 0 radical (unpaired) electrons. The molecule has 1 aromatic carbocycles. The molecule has 2 N–H and O–H groups in total. The second kappa shape index (κ2) is 9.69. The standard InChI is InChI=1S/C20H20F9N3O4/c1-9-13(31-16(35)17(2,3)15(34)30-7-18(22,23)20(27,28)29)14(33)32(8-19(24,25)26)11-6-10(21)4-5-12(11)36-9/h4-6,9,13H,7-8H2,1-3H3,(H,30,34)(H,31,35)/t9-,13+/m1/s1. The number of hydrogen-bond acceptors (Lipinski definition) is 4. The molecule has 2 rings (SSSR count). The van der Waals surface area contributed by atoms with Gasteiger partial charge in [-0.1, -0.05) is 0 Å². The Labute approximate surface area is 197 Å². The van der Waals surface area contributed by atoms with E-state index in [2.05, 4.69) is 0 Å². The van der Waals surface area contributed by atoms with Crippen LogP contribution in [0.2, 0.25) is 0 Å². The summed E-state index contributed by atoms with van der Waals surface area (Å²) in [7, 11) is 0. The molecule has 0 aliphatic carbocycles. The number of nitrogens with one attached hydrogen (secondary N) is 2. The van der Waals surface area contributed by atoms with E-state index in [1.54, 1.807) is 0 Å². The Kier molecular flexibility index (Phi) is 7.81. The molecule has 0 saturated heterocycles. The van der Waals surface area contributed by atoms with Gasteiger partial charge in [0, 0.05) is 6.07 Å². The Hall–Kier alpha value is -3.20. The number of amides is 3. The molecular formula is C20H20F9N3O4. The quantitative estimate of drug-likeness (QED) is 0.431. The zero-order valence-corrected chi connectivity index (χ0v) is 18.8. The van der Waals surface area contributed by atoms with Crippen molar-refractivity contribution in [3.05, 3.63) is 24.0 Å². The van der Waals surface area contributed by atoms with E-state index in [9.17, 15) is 53.9 Å². The highest BCUT2D eigenvalue weighted by Gasteiger charge is 2.58. The number of nitrogens with zero attached hydrogens (tertiary/aromatic N) is 1. The summed E-state index contributed by atoms with van der Waals surface area (Å²) < 4.78 is 122. The zero-order chi connectivity index (χ0) is 27.9. The molecule has 202 valence electrons. The van der Waals surface area contributed by atoms with E-state index in [1.165, 1.54) is 12.2 Å². The molecule has 0 aromatic heterocycles. The summed E-state index contributed by atoms with van der Waals surface area (Å²) in [5.41, 5.74) is -2.95. The van der Waals surface area contributed by atoms with Crippen molar-refractivity contribution in [2.45, 2.75) is 51.2 Å². The number of benzene rings is 1. The highest BCUT2D eigenvalue weighted by Crippen LogP contribution is 2.37. The molecule has 0 fully saturated rings. The zero-order valence-electron chi connectivity index (χ0n) is 18.8. The number of carbonyl (C=O) groups is 3. The van der Waals surface area contributed by atoms with Gasteiger partial charge in [-0.2, -0.15) is 35.1 Å². The van der Waals surface area contributed by atoms with Crippen LogP contribution in [0.1, 0.15) is 20.8 Å². The molecule has 1 heterocycles. The van der Waals surface area contributed by atoms with Crippen LogP contribution in [0.5, 0.6) is 5.75 Å². The lowest BCUT2D eigenvalue weighted by Gasteiger charge is -2.30. The fourth-order valence-corrected chi connectivity index (χ4v) is 3.02. The van der Waals surface area contributed by atoms with E-state index in [-0.39, 0.29) is 10.6 Å². The average molecular weight is 537 g/mol. The number of anilines is 1. The van der Waals surface area contributed by atoms with E-state index in [1.807, 2.05) is 5.32 Å². The van der Waals surface area contributed by atoms with Gasteiger partial charge in [0.1, 0.15) is 35.7 Å². The van der Waals surface area contributed by atoms with E-state index in [0.717, 1.165) is 26.0 Å². The van der Waals surface area contributed by atoms with Gasteiger partial charge in [-0.25, -0.2) is 4.39 Å². The van der Waals surface area contributed by atoms with Crippen LogP contribution in [-0.2, 0) is 14.4 Å². The van der Waals surface area contributed by atoms with Crippen molar-refractivity contribution < 1.29 is 58.6 Å². The summed E-state index contributed by atoms with van der Waals surface area (Å²) in [6.45, 7) is -1.26. The molecule has 36 heavy (non-hydrogen) atoms. The van der Waals surface area contributed by atoms with Gasteiger partial charge in [-0.15, -0.1) is 0 Å². The Morgan fingerprint density at radius 3 is 2.14 bits per heavy atom. The third-order valence-corrected chi connectivity index (χ3v) is 5.17. The SMILES string of the molecule is C[C@H]1Oc2ccc(F)cc2N(CC(F)(F)F)C(=O)[C@H]1NC(=O)C(C)(C)C(=O)NCC(F)(F)C(F)(F)F. The number of halogens is 9. The van der Waals surface area contributed by atoms with Crippen molar-refractivity contribution in [1.82, 2.24) is 10.6 Å². The Morgan fingerprint density at radius 2 is 1.61 bits per heavy atom. The second-order valence-corrected chi connectivity index (χ2v) is 8.44. The van der Waals surface area contributed by atoms with Crippen LogP contribution < -0.4 is 20.3 Å². The lowest BCUT2D eigenvalue weighted by molar-refractivity contribution is -0.278. The minimum Gasteiger partial charge on any atom is -0.486 e. The first kappa shape index (κ1) is 29.0. The molecule has 1 aliphatic heterocycles. The molecular weight excluding hydrogens is 517 g/mol. The summed E-state index contributed by atoms with van der Waals surface area (Å²) in [4.78, 5) is 38.1. The van der Waals surface area contributed by atoms with Gasteiger partial charge < -0.3 is 15.4 Å². The van der Waals surface area contributed by atoms with Crippen LogP contribution in [0.3, 0.4) is 0 Å². The summed E-state index contributed by atoms with van der Waals surface area (Å²) >= 11 is 0. The first-order chi connectivity index (χ1) is 16.2. The third-order valence-electron chi connectivity index (χ3n) is 5.17. The van der Waals surface area contributed by atoms with E-state index in [4.69, 9.17) is 4.74 Å². The number of carbonyl (C=O) groups excluding carboxylic acids is 3. The van der Waals surface area contributed by atoms with Crippen LogP contribution >= 0.6 is 0 Å².